The second kappa shape index (κ2) is 3.36. The molecule has 68 valence electrons. The van der Waals surface area contributed by atoms with Crippen molar-refractivity contribution >= 4 is 31.1 Å². The minimum atomic E-state index is -3.40. The zero-order chi connectivity index (χ0) is 9.35. The highest BCUT2D eigenvalue weighted by Gasteiger charge is 2.09. The standard InChI is InChI=1S/C7H9ClO2S2/c1-5-3-7(11-6(5)2)4-12(8,9)10/h3H,4H2,1-2H3. The van der Waals surface area contributed by atoms with Crippen LogP contribution in [0.4, 0.5) is 0 Å². The summed E-state index contributed by atoms with van der Waals surface area (Å²) in [4.78, 5) is 1.95. The van der Waals surface area contributed by atoms with Crippen LogP contribution in [0, 0.1) is 13.8 Å². The van der Waals surface area contributed by atoms with Crippen LogP contribution in [-0.4, -0.2) is 8.42 Å². The van der Waals surface area contributed by atoms with E-state index in [0.29, 0.717) is 0 Å². The van der Waals surface area contributed by atoms with Crippen molar-refractivity contribution in [1.82, 2.24) is 0 Å². The summed E-state index contributed by atoms with van der Waals surface area (Å²) >= 11 is 1.48. The van der Waals surface area contributed by atoms with Crippen molar-refractivity contribution in [2.24, 2.45) is 0 Å². The molecule has 0 aromatic carbocycles. The zero-order valence-corrected chi connectivity index (χ0v) is 9.18. The maximum Gasteiger partial charge on any atom is 0.237 e. The van der Waals surface area contributed by atoms with Gasteiger partial charge in [-0.05, 0) is 25.5 Å². The first kappa shape index (κ1) is 10.0. The molecular formula is C7H9ClO2S2. The number of hydrogen-bond acceptors (Lipinski definition) is 3. The molecule has 0 spiro atoms. The summed E-state index contributed by atoms with van der Waals surface area (Å²) < 4.78 is 21.4. The minimum Gasteiger partial charge on any atom is -0.212 e. The smallest absolute Gasteiger partial charge is 0.212 e. The molecule has 0 saturated carbocycles. The molecule has 0 radical (unpaired) electrons. The van der Waals surface area contributed by atoms with Gasteiger partial charge in [0.15, 0.2) is 0 Å². The molecule has 0 atom stereocenters. The van der Waals surface area contributed by atoms with Gasteiger partial charge < -0.3 is 0 Å². The molecule has 0 bridgehead atoms. The number of halogens is 1. The van der Waals surface area contributed by atoms with Crippen molar-refractivity contribution in [3.8, 4) is 0 Å². The van der Waals surface area contributed by atoms with Gasteiger partial charge >= 0.3 is 0 Å². The van der Waals surface area contributed by atoms with E-state index in [4.69, 9.17) is 10.7 Å². The van der Waals surface area contributed by atoms with Crippen LogP contribution in [0.25, 0.3) is 0 Å². The lowest BCUT2D eigenvalue weighted by atomic mass is 10.3. The van der Waals surface area contributed by atoms with Gasteiger partial charge in [0.25, 0.3) is 0 Å². The van der Waals surface area contributed by atoms with Crippen molar-refractivity contribution in [2.45, 2.75) is 19.6 Å². The van der Waals surface area contributed by atoms with E-state index in [1.807, 2.05) is 19.9 Å². The van der Waals surface area contributed by atoms with Gasteiger partial charge in [0, 0.05) is 20.4 Å². The average molecular weight is 225 g/mol. The number of thiophene rings is 1. The molecule has 12 heavy (non-hydrogen) atoms. The lowest BCUT2D eigenvalue weighted by Crippen LogP contribution is -1.91. The van der Waals surface area contributed by atoms with Crippen LogP contribution < -0.4 is 0 Å². The molecule has 0 aliphatic heterocycles. The van der Waals surface area contributed by atoms with Gasteiger partial charge in [0.1, 0.15) is 0 Å². The lowest BCUT2D eigenvalue weighted by Gasteiger charge is -1.89. The zero-order valence-electron chi connectivity index (χ0n) is 6.80. The first-order valence-corrected chi connectivity index (χ1v) is 6.66. The van der Waals surface area contributed by atoms with Crippen LogP contribution in [0.1, 0.15) is 15.3 Å². The van der Waals surface area contributed by atoms with Gasteiger partial charge in [-0.2, -0.15) is 0 Å². The number of hydrogen-bond donors (Lipinski definition) is 0. The summed E-state index contributed by atoms with van der Waals surface area (Å²) in [6.45, 7) is 3.92. The van der Waals surface area contributed by atoms with E-state index < -0.39 is 9.05 Å². The van der Waals surface area contributed by atoms with Crippen LogP contribution in [0.5, 0.6) is 0 Å². The monoisotopic (exact) mass is 224 g/mol. The van der Waals surface area contributed by atoms with E-state index in [9.17, 15) is 8.42 Å². The van der Waals surface area contributed by atoms with E-state index in [-0.39, 0.29) is 5.75 Å². The van der Waals surface area contributed by atoms with Crippen LogP contribution in [0.3, 0.4) is 0 Å². The van der Waals surface area contributed by atoms with E-state index in [1.54, 1.807) is 0 Å². The van der Waals surface area contributed by atoms with Crippen LogP contribution in [0.15, 0.2) is 6.07 Å². The molecule has 1 aromatic rings. The Morgan fingerprint density at radius 3 is 2.42 bits per heavy atom. The molecule has 0 aliphatic carbocycles. The summed E-state index contributed by atoms with van der Waals surface area (Å²) in [6, 6.07) is 1.86. The summed E-state index contributed by atoms with van der Waals surface area (Å²) in [5, 5.41) is 0. The molecule has 1 aromatic heterocycles. The second-order valence-electron chi connectivity index (χ2n) is 2.64. The van der Waals surface area contributed by atoms with Crippen molar-refractivity contribution in [1.29, 1.82) is 0 Å². The maximum absolute atomic E-state index is 10.7. The Hall–Kier alpha value is -0.0600. The largest absolute Gasteiger partial charge is 0.237 e. The highest BCUT2D eigenvalue weighted by atomic mass is 35.7. The molecule has 0 saturated heterocycles. The van der Waals surface area contributed by atoms with Crippen LogP contribution >= 0.6 is 22.0 Å². The van der Waals surface area contributed by atoms with Crippen molar-refractivity contribution < 1.29 is 8.42 Å². The molecule has 5 heteroatoms. The molecule has 0 amide bonds. The molecule has 1 rings (SSSR count). The molecule has 1 heterocycles. The first-order chi connectivity index (χ1) is 5.38. The van der Waals surface area contributed by atoms with Crippen LogP contribution in [0.2, 0.25) is 0 Å². The fourth-order valence-electron chi connectivity index (χ4n) is 0.891. The normalized spacial score (nSPS) is 11.9. The highest BCUT2D eigenvalue weighted by Crippen LogP contribution is 2.23. The predicted octanol–water partition coefficient (Wildman–Crippen LogP) is 2.43. The number of rotatable bonds is 2. The SMILES string of the molecule is Cc1cc(CS(=O)(=O)Cl)sc1C. The van der Waals surface area contributed by atoms with Gasteiger partial charge in [-0.1, -0.05) is 0 Å². The Labute approximate surface area is 80.6 Å². The molecule has 0 N–H and O–H groups in total. The topological polar surface area (TPSA) is 34.1 Å². The summed E-state index contributed by atoms with van der Waals surface area (Å²) in [5.74, 6) is -0.0616. The predicted molar refractivity (Wildman–Crippen MR) is 52.3 cm³/mol. The van der Waals surface area contributed by atoms with Gasteiger partial charge in [-0.25, -0.2) is 8.42 Å². The van der Waals surface area contributed by atoms with E-state index >= 15 is 0 Å². The Bertz CT molecular complexity index is 359. The third-order valence-electron chi connectivity index (χ3n) is 1.53. The van der Waals surface area contributed by atoms with E-state index in [2.05, 4.69) is 0 Å². The highest BCUT2D eigenvalue weighted by molar-refractivity contribution is 8.13. The maximum atomic E-state index is 10.7. The number of aryl methyl sites for hydroxylation is 2. The Morgan fingerprint density at radius 2 is 2.08 bits per heavy atom. The second-order valence-corrected chi connectivity index (χ2v) is 6.75. The van der Waals surface area contributed by atoms with Gasteiger partial charge in [0.2, 0.25) is 9.05 Å². The third kappa shape index (κ3) is 2.77. The fourth-order valence-corrected chi connectivity index (χ4v) is 3.41. The molecule has 0 aliphatic rings. The minimum absolute atomic E-state index is 0.0616. The Morgan fingerprint density at radius 1 is 1.50 bits per heavy atom. The lowest BCUT2D eigenvalue weighted by molar-refractivity contribution is 0.609. The van der Waals surface area contributed by atoms with Crippen molar-refractivity contribution in [2.75, 3.05) is 0 Å². The van der Waals surface area contributed by atoms with Crippen LogP contribution in [-0.2, 0) is 14.8 Å². The van der Waals surface area contributed by atoms with Gasteiger partial charge in [0.05, 0.1) is 5.75 Å². The average Bonchev–Trinajstić information content (AvgIpc) is 2.07. The van der Waals surface area contributed by atoms with Crippen molar-refractivity contribution in [3.63, 3.8) is 0 Å². The fraction of sp³-hybridized carbons (Fsp3) is 0.429. The summed E-state index contributed by atoms with van der Waals surface area (Å²) in [5.41, 5.74) is 1.12. The first-order valence-electron chi connectivity index (χ1n) is 3.37. The summed E-state index contributed by atoms with van der Waals surface area (Å²) in [7, 11) is 1.71. The molecular weight excluding hydrogens is 216 g/mol. The molecule has 0 unspecified atom stereocenters. The quantitative estimate of drug-likeness (QED) is 0.724. The van der Waals surface area contributed by atoms with Gasteiger partial charge in [-0.15, -0.1) is 11.3 Å². The molecule has 0 fully saturated rings. The Balaban J connectivity index is 2.92. The Kier molecular flexibility index (Phi) is 2.81. The third-order valence-corrected chi connectivity index (χ3v) is 3.85. The van der Waals surface area contributed by atoms with E-state index in [0.717, 1.165) is 15.3 Å². The van der Waals surface area contributed by atoms with Gasteiger partial charge in [-0.3, -0.25) is 0 Å². The van der Waals surface area contributed by atoms with E-state index in [1.165, 1.54) is 11.3 Å². The molecule has 2 nitrogen and oxygen atoms in total. The summed E-state index contributed by atoms with van der Waals surface area (Å²) in [6.07, 6.45) is 0. The van der Waals surface area contributed by atoms with Crippen molar-refractivity contribution in [3.05, 3.63) is 21.4 Å².